The SMILES string of the molecule is Cc1nn(C)c(C(=O)NCc2ccc(Cl)s2)c1N. The number of thiophene rings is 1. The smallest absolute Gasteiger partial charge is 0.271 e. The molecule has 0 bridgehead atoms. The zero-order valence-electron chi connectivity index (χ0n) is 10.0. The van der Waals surface area contributed by atoms with E-state index in [1.807, 2.05) is 6.07 Å². The molecule has 2 heterocycles. The van der Waals surface area contributed by atoms with Crippen molar-refractivity contribution in [3.63, 3.8) is 0 Å². The van der Waals surface area contributed by atoms with E-state index in [2.05, 4.69) is 10.4 Å². The number of carbonyl (C=O) groups excluding carboxylic acids is 1. The molecule has 0 aliphatic rings. The summed E-state index contributed by atoms with van der Waals surface area (Å²) >= 11 is 7.25. The zero-order chi connectivity index (χ0) is 13.3. The van der Waals surface area contributed by atoms with Gasteiger partial charge in [-0.2, -0.15) is 5.10 Å². The molecule has 0 saturated carbocycles. The highest BCUT2D eigenvalue weighted by Gasteiger charge is 2.17. The van der Waals surface area contributed by atoms with Gasteiger partial charge in [0.1, 0.15) is 5.69 Å². The number of amides is 1. The van der Waals surface area contributed by atoms with Crippen LogP contribution in [0.2, 0.25) is 4.34 Å². The van der Waals surface area contributed by atoms with Crippen molar-refractivity contribution in [1.82, 2.24) is 15.1 Å². The van der Waals surface area contributed by atoms with E-state index in [1.54, 1.807) is 20.0 Å². The summed E-state index contributed by atoms with van der Waals surface area (Å²) in [7, 11) is 1.69. The second-order valence-corrected chi connectivity index (χ2v) is 5.66. The molecule has 0 aliphatic heterocycles. The van der Waals surface area contributed by atoms with Crippen LogP contribution in [0.5, 0.6) is 0 Å². The minimum Gasteiger partial charge on any atom is -0.395 e. The molecule has 0 unspecified atom stereocenters. The van der Waals surface area contributed by atoms with Crippen LogP contribution in [0, 0.1) is 6.92 Å². The van der Waals surface area contributed by atoms with Crippen molar-refractivity contribution in [3.05, 3.63) is 32.7 Å². The number of nitrogen functional groups attached to an aromatic ring is 1. The molecule has 0 aromatic carbocycles. The molecular formula is C11H13ClN4OS. The van der Waals surface area contributed by atoms with Gasteiger partial charge < -0.3 is 11.1 Å². The number of hydrogen-bond donors (Lipinski definition) is 2. The van der Waals surface area contributed by atoms with Crippen molar-refractivity contribution in [2.24, 2.45) is 7.05 Å². The lowest BCUT2D eigenvalue weighted by molar-refractivity contribution is 0.0943. The minimum absolute atomic E-state index is 0.236. The summed E-state index contributed by atoms with van der Waals surface area (Å²) in [6.07, 6.45) is 0. The van der Waals surface area contributed by atoms with Gasteiger partial charge >= 0.3 is 0 Å². The first-order valence-corrected chi connectivity index (χ1v) is 6.50. The number of nitrogens with zero attached hydrogens (tertiary/aromatic N) is 2. The zero-order valence-corrected chi connectivity index (χ0v) is 11.6. The minimum atomic E-state index is -0.236. The van der Waals surface area contributed by atoms with Gasteiger partial charge in [0.05, 0.1) is 22.3 Å². The molecule has 0 radical (unpaired) electrons. The number of halogens is 1. The van der Waals surface area contributed by atoms with E-state index in [-0.39, 0.29) is 5.91 Å². The van der Waals surface area contributed by atoms with Crippen LogP contribution in [0.1, 0.15) is 21.1 Å². The second kappa shape index (κ2) is 4.99. The van der Waals surface area contributed by atoms with E-state index in [9.17, 15) is 4.79 Å². The first-order chi connectivity index (χ1) is 8.49. The summed E-state index contributed by atoms with van der Waals surface area (Å²) < 4.78 is 2.19. The monoisotopic (exact) mass is 284 g/mol. The number of anilines is 1. The number of hydrogen-bond acceptors (Lipinski definition) is 4. The number of aryl methyl sites for hydroxylation is 2. The second-order valence-electron chi connectivity index (χ2n) is 3.86. The average Bonchev–Trinajstić information content (AvgIpc) is 2.82. The Morgan fingerprint density at radius 1 is 1.61 bits per heavy atom. The Bertz CT molecular complexity index is 590. The van der Waals surface area contributed by atoms with Gasteiger partial charge in [0.2, 0.25) is 0 Å². The standard InChI is InChI=1S/C11H13ClN4OS/c1-6-9(13)10(16(2)15-6)11(17)14-5-7-3-4-8(12)18-7/h3-4H,5,13H2,1-2H3,(H,14,17). The van der Waals surface area contributed by atoms with Gasteiger partial charge in [-0.15, -0.1) is 11.3 Å². The molecular weight excluding hydrogens is 272 g/mol. The number of rotatable bonds is 3. The van der Waals surface area contributed by atoms with Gasteiger partial charge in [0.25, 0.3) is 5.91 Å². The average molecular weight is 285 g/mol. The van der Waals surface area contributed by atoms with E-state index in [0.717, 1.165) is 4.88 Å². The molecule has 0 atom stereocenters. The molecule has 5 nitrogen and oxygen atoms in total. The van der Waals surface area contributed by atoms with Crippen LogP contribution in [0.15, 0.2) is 12.1 Å². The van der Waals surface area contributed by atoms with Gasteiger partial charge in [0, 0.05) is 11.9 Å². The van der Waals surface area contributed by atoms with Crippen LogP contribution in [-0.2, 0) is 13.6 Å². The number of nitrogens with two attached hydrogens (primary N) is 1. The Kier molecular flexibility index (Phi) is 3.58. The van der Waals surface area contributed by atoms with Crippen LogP contribution in [-0.4, -0.2) is 15.7 Å². The molecule has 2 aromatic rings. The number of nitrogens with one attached hydrogen (secondary N) is 1. The van der Waals surface area contributed by atoms with Crippen molar-refractivity contribution >= 4 is 34.5 Å². The lowest BCUT2D eigenvalue weighted by atomic mass is 10.3. The maximum Gasteiger partial charge on any atom is 0.271 e. The van der Waals surface area contributed by atoms with Crippen molar-refractivity contribution in [1.29, 1.82) is 0 Å². The Hall–Kier alpha value is -1.53. The Morgan fingerprint density at radius 2 is 2.33 bits per heavy atom. The highest BCUT2D eigenvalue weighted by molar-refractivity contribution is 7.16. The van der Waals surface area contributed by atoms with Gasteiger partial charge in [-0.1, -0.05) is 11.6 Å². The molecule has 0 aliphatic carbocycles. The molecule has 2 rings (SSSR count). The fraction of sp³-hybridized carbons (Fsp3) is 0.273. The summed E-state index contributed by atoms with van der Waals surface area (Å²) in [5.41, 5.74) is 7.27. The highest BCUT2D eigenvalue weighted by Crippen LogP contribution is 2.21. The summed E-state index contributed by atoms with van der Waals surface area (Å²) in [5, 5.41) is 6.90. The van der Waals surface area contributed by atoms with Crippen molar-refractivity contribution in [2.75, 3.05) is 5.73 Å². The van der Waals surface area contributed by atoms with Crippen molar-refractivity contribution in [3.8, 4) is 0 Å². The molecule has 2 aromatic heterocycles. The van der Waals surface area contributed by atoms with Crippen LogP contribution < -0.4 is 11.1 Å². The maximum absolute atomic E-state index is 12.0. The summed E-state index contributed by atoms with van der Waals surface area (Å²) in [4.78, 5) is 13.0. The summed E-state index contributed by atoms with van der Waals surface area (Å²) in [6, 6.07) is 3.68. The topological polar surface area (TPSA) is 72.9 Å². The molecule has 18 heavy (non-hydrogen) atoms. The van der Waals surface area contributed by atoms with Crippen LogP contribution in [0.25, 0.3) is 0 Å². The van der Waals surface area contributed by atoms with E-state index < -0.39 is 0 Å². The number of carbonyl (C=O) groups is 1. The normalized spacial score (nSPS) is 10.6. The molecule has 0 fully saturated rings. The van der Waals surface area contributed by atoms with Crippen LogP contribution in [0.4, 0.5) is 5.69 Å². The molecule has 7 heteroatoms. The molecule has 0 saturated heterocycles. The van der Waals surface area contributed by atoms with E-state index in [1.165, 1.54) is 16.0 Å². The predicted octanol–water partition coefficient (Wildman–Crippen LogP) is 1.96. The third-order valence-corrected chi connectivity index (χ3v) is 3.77. The van der Waals surface area contributed by atoms with E-state index >= 15 is 0 Å². The Balaban J connectivity index is 2.08. The van der Waals surface area contributed by atoms with Gasteiger partial charge in [-0.25, -0.2) is 0 Å². The van der Waals surface area contributed by atoms with E-state index in [0.29, 0.717) is 28.0 Å². The first-order valence-electron chi connectivity index (χ1n) is 5.30. The number of aromatic nitrogens is 2. The highest BCUT2D eigenvalue weighted by atomic mass is 35.5. The molecule has 1 amide bonds. The van der Waals surface area contributed by atoms with Crippen LogP contribution >= 0.6 is 22.9 Å². The Morgan fingerprint density at radius 3 is 2.83 bits per heavy atom. The summed E-state index contributed by atoms with van der Waals surface area (Å²) in [6.45, 7) is 2.20. The maximum atomic E-state index is 12.0. The molecule has 96 valence electrons. The van der Waals surface area contributed by atoms with Gasteiger partial charge in [0.15, 0.2) is 0 Å². The largest absolute Gasteiger partial charge is 0.395 e. The molecule has 3 N–H and O–H groups in total. The third-order valence-electron chi connectivity index (χ3n) is 2.54. The molecule has 0 spiro atoms. The van der Waals surface area contributed by atoms with E-state index in [4.69, 9.17) is 17.3 Å². The van der Waals surface area contributed by atoms with Crippen molar-refractivity contribution in [2.45, 2.75) is 13.5 Å². The summed E-state index contributed by atoms with van der Waals surface area (Å²) in [5.74, 6) is -0.236. The fourth-order valence-electron chi connectivity index (χ4n) is 1.64. The van der Waals surface area contributed by atoms with Gasteiger partial charge in [-0.3, -0.25) is 9.48 Å². The van der Waals surface area contributed by atoms with Gasteiger partial charge in [-0.05, 0) is 19.1 Å². The lowest BCUT2D eigenvalue weighted by Gasteiger charge is -2.04. The Labute approximate surface area is 114 Å². The van der Waals surface area contributed by atoms with Crippen molar-refractivity contribution < 1.29 is 4.79 Å². The lowest BCUT2D eigenvalue weighted by Crippen LogP contribution is -2.25. The first kappa shape index (κ1) is 12.9. The quantitative estimate of drug-likeness (QED) is 0.905. The van der Waals surface area contributed by atoms with Crippen LogP contribution in [0.3, 0.4) is 0 Å². The fourth-order valence-corrected chi connectivity index (χ4v) is 2.67. The predicted molar refractivity (Wildman–Crippen MR) is 72.9 cm³/mol. The third kappa shape index (κ3) is 2.49.